The first-order valence-electron chi connectivity index (χ1n) is 10.1. The van der Waals surface area contributed by atoms with Crippen LogP contribution in [0, 0.1) is 13.8 Å². The molecule has 1 heterocycles. The number of aryl methyl sites for hydroxylation is 2. The highest BCUT2D eigenvalue weighted by atomic mass is 32.1. The summed E-state index contributed by atoms with van der Waals surface area (Å²) in [7, 11) is 0. The van der Waals surface area contributed by atoms with E-state index >= 15 is 0 Å². The average molecular weight is 502 g/mol. The Kier molecular flexibility index (Phi) is 7.30. The second kappa shape index (κ2) is 9.69. The molecule has 0 saturated heterocycles. The number of halogens is 6. The highest BCUT2D eigenvalue weighted by Crippen LogP contribution is 2.38. The predicted molar refractivity (Wildman–Crippen MR) is 116 cm³/mol. The van der Waals surface area contributed by atoms with Gasteiger partial charge < -0.3 is 9.84 Å². The van der Waals surface area contributed by atoms with Crippen LogP contribution >= 0.6 is 11.3 Å². The number of rotatable bonds is 7. The minimum absolute atomic E-state index is 0.0133. The second-order valence-corrected chi connectivity index (χ2v) is 8.89. The molecule has 3 rings (SSSR count). The molecule has 3 nitrogen and oxygen atoms in total. The third-order valence-corrected chi connectivity index (χ3v) is 6.30. The first-order valence-corrected chi connectivity index (χ1v) is 10.9. The van der Waals surface area contributed by atoms with Crippen molar-refractivity contribution in [1.29, 1.82) is 0 Å². The van der Waals surface area contributed by atoms with Gasteiger partial charge in [-0.3, -0.25) is 0 Å². The van der Waals surface area contributed by atoms with Gasteiger partial charge in [0.25, 0.3) is 0 Å². The van der Waals surface area contributed by atoms with Crippen LogP contribution in [0.5, 0.6) is 5.75 Å². The van der Waals surface area contributed by atoms with Crippen molar-refractivity contribution in [3.05, 3.63) is 75.0 Å². The molecular weight excluding hydrogens is 482 g/mol. The molecule has 0 bridgehead atoms. The van der Waals surface area contributed by atoms with Crippen LogP contribution in [0.15, 0.2) is 48.5 Å². The van der Waals surface area contributed by atoms with Crippen LogP contribution in [0.1, 0.15) is 50.2 Å². The maximum absolute atomic E-state index is 12.9. The number of alkyl halides is 6. The Bertz CT molecular complexity index is 1140. The summed E-state index contributed by atoms with van der Waals surface area (Å²) >= 11 is 0.847. The summed E-state index contributed by atoms with van der Waals surface area (Å²) in [5.74, 6) is -0.901. The van der Waals surface area contributed by atoms with Gasteiger partial charge in [-0.2, -0.15) is 26.3 Å². The molecule has 0 fully saturated rings. The van der Waals surface area contributed by atoms with Crippen molar-refractivity contribution in [2.24, 2.45) is 0 Å². The number of carbonyl (C=O) groups is 1. The standard InChI is InChI=1S/C24H20F6O3S/c1-13-11-17(12-14(2)21(13)15-3-5-16(6-4-15)24(28,29)30)33-18(9-10-23(25,26)27)19-7-8-20(34-19)22(31)32/h3-8,11-12,18H,9-10H2,1-2H3,(H,31,32)/t18-/m1/s1. The molecule has 2 aromatic carbocycles. The van der Waals surface area contributed by atoms with Crippen molar-refractivity contribution in [1.82, 2.24) is 0 Å². The molecule has 182 valence electrons. The largest absolute Gasteiger partial charge is 0.485 e. The van der Waals surface area contributed by atoms with Gasteiger partial charge in [0, 0.05) is 11.3 Å². The first kappa shape index (κ1) is 25.6. The zero-order chi connectivity index (χ0) is 25.3. The van der Waals surface area contributed by atoms with Crippen molar-refractivity contribution in [3.8, 4) is 16.9 Å². The molecular formula is C24H20F6O3S. The highest BCUT2D eigenvalue weighted by Gasteiger charge is 2.31. The fourth-order valence-electron chi connectivity index (χ4n) is 3.63. The van der Waals surface area contributed by atoms with Crippen molar-refractivity contribution in [3.63, 3.8) is 0 Å². The van der Waals surface area contributed by atoms with Gasteiger partial charge >= 0.3 is 18.3 Å². The maximum atomic E-state index is 12.9. The second-order valence-electron chi connectivity index (χ2n) is 7.77. The van der Waals surface area contributed by atoms with E-state index < -0.39 is 42.8 Å². The number of thiophene rings is 1. The lowest BCUT2D eigenvalue weighted by molar-refractivity contribution is -0.139. The lowest BCUT2D eigenvalue weighted by atomic mass is 9.94. The highest BCUT2D eigenvalue weighted by molar-refractivity contribution is 7.14. The molecule has 3 aromatic rings. The SMILES string of the molecule is Cc1cc(O[C@H](CCC(F)(F)F)c2ccc(C(=O)O)s2)cc(C)c1-c1ccc(C(F)(F)F)cc1. The van der Waals surface area contributed by atoms with Gasteiger partial charge in [-0.25, -0.2) is 4.79 Å². The molecule has 10 heteroatoms. The number of ether oxygens (including phenoxy) is 1. The van der Waals surface area contributed by atoms with E-state index in [0.717, 1.165) is 23.5 Å². The average Bonchev–Trinajstić information content (AvgIpc) is 3.20. The molecule has 0 aliphatic carbocycles. The van der Waals surface area contributed by atoms with Gasteiger partial charge in [0.15, 0.2) is 0 Å². The fraction of sp³-hybridized carbons (Fsp3) is 0.292. The molecule has 34 heavy (non-hydrogen) atoms. The van der Waals surface area contributed by atoms with Crippen LogP contribution < -0.4 is 4.74 Å². The third kappa shape index (κ3) is 6.31. The van der Waals surface area contributed by atoms with Crippen LogP contribution in [-0.4, -0.2) is 17.3 Å². The molecule has 1 atom stereocenters. The lowest BCUT2D eigenvalue weighted by Gasteiger charge is -2.21. The Labute approximate surface area is 195 Å². The molecule has 0 saturated carbocycles. The van der Waals surface area contributed by atoms with Crippen LogP contribution in [0.3, 0.4) is 0 Å². The number of aromatic carboxylic acids is 1. The molecule has 0 amide bonds. The summed E-state index contributed by atoms with van der Waals surface area (Å²) in [5.41, 5.74) is 1.82. The molecule has 1 aromatic heterocycles. The fourth-order valence-corrected chi connectivity index (χ4v) is 4.54. The van der Waals surface area contributed by atoms with Gasteiger partial charge in [-0.15, -0.1) is 11.3 Å². The van der Waals surface area contributed by atoms with Crippen molar-refractivity contribution in [2.45, 2.75) is 45.1 Å². The molecule has 1 N–H and O–H groups in total. The van der Waals surface area contributed by atoms with Gasteiger partial charge in [0.05, 0.1) is 5.56 Å². The minimum atomic E-state index is -4.45. The Hall–Kier alpha value is -3.01. The third-order valence-electron chi connectivity index (χ3n) is 5.13. The Balaban J connectivity index is 1.90. The zero-order valence-electron chi connectivity index (χ0n) is 18.1. The molecule has 0 aliphatic rings. The normalized spacial score (nSPS) is 13.1. The van der Waals surface area contributed by atoms with E-state index in [-0.39, 0.29) is 10.6 Å². The van der Waals surface area contributed by atoms with Gasteiger partial charge in [0.1, 0.15) is 16.7 Å². The smallest absolute Gasteiger partial charge is 0.416 e. The van der Waals surface area contributed by atoms with E-state index in [1.165, 1.54) is 24.3 Å². The van der Waals surface area contributed by atoms with Gasteiger partial charge in [0.2, 0.25) is 0 Å². The van der Waals surface area contributed by atoms with Crippen LogP contribution in [0.2, 0.25) is 0 Å². The number of carboxylic acid groups (broad SMARTS) is 1. The van der Waals surface area contributed by atoms with E-state index in [0.29, 0.717) is 27.1 Å². The van der Waals surface area contributed by atoms with Crippen molar-refractivity contribution in [2.75, 3.05) is 0 Å². The quantitative estimate of drug-likeness (QED) is 0.331. The first-order chi connectivity index (χ1) is 15.7. The van der Waals surface area contributed by atoms with Gasteiger partial charge in [-0.1, -0.05) is 12.1 Å². The molecule has 0 radical (unpaired) electrons. The lowest BCUT2D eigenvalue weighted by Crippen LogP contribution is -2.13. The van der Waals surface area contributed by atoms with E-state index in [1.807, 2.05) is 0 Å². The molecule has 0 unspecified atom stereocenters. The summed E-state index contributed by atoms with van der Waals surface area (Å²) in [6.45, 7) is 3.45. The van der Waals surface area contributed by atoms with E-state index in [2.05, 4.69) is 0 Å². The van der Waals surface area contributed by atoms with Crippen molar-refractivity contribution < 1.29 is 41.0 Å². The van der Waals surface area contributed by atoms with Crippen LogP contribution in [0.25, 0.3) is 11.1 Å². The minimum Gasteiger partial charge on any atom is -0.485 e. The summed E-state index contributed by atoms with van der Waals surface area (Å²) in [5, 5.41) is 9.13. The number of benzene rings is 2. The summed E-state index contributed by atoms with van der Waals surface area (Å²) in [4.78, 5) is 11.5. The van der Waals surface area contributed by atoms with E-state index in [4.69, 9.17) is 9.84 Å². The van der Waals surface area contributed by atoms with E-state index in [1.54, 1.807) is 26.0 Å². The Morgan fingerprint density at radius 2 is 1.56 bits per heavy atom. The zero-order valence-corrected chi connectivity index (χ0v) is 18.9. The summed E-state index contributed by atoms with van der Waals surface area (Å²) in [6, 6.07) is 10.7. The van der Waals surface area contributed by atoms with Crippen LogP contribution in [0.4, 0.5) is 26.3 Å². The van der Waals surface area contributed by atoms with Crippen molar-refractivity contribution >= 4 is 17.3 Å². The molecule has 0 aliphatic heterocycles. The number of carboxylic acids is 1. The topological polar surface area (TPSA) is 46.5 Å². The molecule has 0 spiro atoms. The van der Waals surface area contributed by atoms with E-state index in [9.17, 15) is 31.1 Å². The number of hydrogen-bond acceptors (Lipinski definition) is 3. The maximum Gasteiger partial charge on any atom is 0.416 e. The van der Waals surface area contributed by atoms with Gasteiger partial charge in [-0.05, 0) is 78.9 Å². The Morgan fingerprint density at radius 3 is 2.03 bits per heavy atom. The van der Waals surface area contributed by atoms with Crippen LogP contribution in [-0.2, 0) is 6.18 Å². The summed E-state index contributed by atoms with van der Waals surface area (Å²) < 4.78 is 83.0. The Morgan fingerprint density at radius 1 is 0.971 bits per heavy atom. The monoisotopic (exact) mass is 502 g/mol. The summed E-state index contributed by atoms with van der Waals surface area (Å²) in [6.07, 6.45) is -11.4. The number of hydrogen-bond donors (Lipinski definition) is 1. The predicted octanol–water partition coefficient (Wildman–Crippen LogP) is 8.21.